The van der Waals surface area contributed by atoms with E-state index in [9.17, 15) is 0 Å². The Labute approximate surface area is 412 Å². The Morgan fingerprint density at radius 3 is 1.40 bits per heavy atom. The zero-order valence-corrected chi connectivity index (χ0v) is 37.5. The lowest BCUT2D eigenvalue weighted by Crippen LogP contribution is -2.43. The normalized spacial score (nSPS) is 14.0. The number of hydrogen-bond donors (Lipinski definition) is 0. The lowest BCUT2D eigenvalue weighted by Gasteiger charge is -2.35. The van der Waals surface area contributed by atoms with Crippen LogP contribution in [0, 0.1) is 0 Å². The van der Waals surface area contributed by atoms with Gasteiger partial charge in [-0.05, 0) is 119 Å². The fraction of sp³-hybridized carbons (Fsp3) is 0.0714. The van der Waals surface area contributed by atoms with Gasteiger partial charge < -0.3 is 4.90 Å². The first kappa shape index (κ1) is 43.1. The van der Waals surface area contributed by atoms with Crippen molar-refractivity contribution in [1.29, 1.82) is 0 Å². The quantitative estimate of drug-likeness (QED) is 0.243. The average Bonchev–Trinajstić information content (AvgIpc) is 3.88. The van der Waals surface area contributed by atoms with Crippen LogP contribution in [0.4, 0.5) is 17.1 Å². The van der Waals surface area contributed by atoms with Crippen LogP contribution in [0.2, 0.25) is 0 Å². The van der Waals surface area contributed by atoms with Crippen molar-refractivity contribution in [2.24, 2.45) is 0 Å². The number of hydrogen-bond acceptors (Lipinski definition) is 1. The number of rotatable bonds is 4. The molecule has 0 heterocycles. The van der Waals surface area contributed by atoms with Crippen LogP contribution >= 0.6 is 0 Å². The minimum atomic E-state index is -1.29. The van der Waals surface area contributed by atoms with Gasteiger partial charge in [-0.1, -0.05) is 144 Å². The molecular formula is C56H28B11N. The van der Waals surface area contributed by atoms with E-state index in [0.29, 0.717) is 55.7 Å². The summed E-state index contributed by atoms with van der Waals surface area (Å²) in [5.41, 5.74) is 15.3. The molecule has 0 aromatic heterocycles. The second-order valence-corrected chi connectivity index (χ2v) is 18.9. The van der Waals surface area contributed by atoms with Gasteiger partial charge in [0.2, 0.25) is 0 Å². The van der Waals surface area contributed by atoms with Crippen molar-refractivity contribution in [3.8, 4) is 44.5 Å². The summed E-state index contributed by atoms with van der Waals surface area (Å²) in [5, 5.41) is 2.31. The molecule has 1 nitrogen and oxygen atoms in total. The van der Waals surface area contributed by atoms with Gasteiger partial charge in [-0.3, -0.25) is 0 Å². The van der Waals surface area contributed by atoms with E-state index < -0.39 is 5.41 Å². The van der Waals surface area contributed by atoms with Gasteiger partial charge in [-0.15, -0.1) is 32.8 Å². The molecule has 3 aliphatic rings. The Hall–Kier alpha value is -6.25. The molecule has 0 bridgehead atoms. The van der Waals surface area contributed by atoms with Crippen LogP contribution in [-0.2, 0) is 10.8 Å². The smallest absolute Gasteiger partial charge is 0.115 e. The van der Waals surface area contributed by atoms with Crippen molar-refractivity contribution in [3.05, 3.63) is 167 Å². The van der Waals surface area contributed by atoms with Crippen molar-refractivity contribution in [1.82, 2.24) is 0 Å². The Balaban J connectivity index is 1.18. The highest BCUT2D eigenvalue weighted by Gasteiger charge is 2.54. The third-order valence-electron chi connectivity index (χ3n) is 15.1. The summed E-state index contributed by atoms with van der Waals surface area (Å²) in [6.45, 7) is 4.52. The molecule has 290 valence electrons. The van der Waals surface area contributed by atoms with Crippen molar-refractivity contribution in [2.45, 2.75) is 24.7 Å². The summed E-state index contributed by atoms with van der Waals surface area (Å²) in [4.78, 5) is 2.16. The number of anilines is 3. The fourth-order valence-corrected chi connectivity index (χ4v) is 11.8. The molecular weight excluding hydrogens is 806 g/mol. The van der Waals surface area contributed by atoms with E-state index in [1.807, 2.05) is 18.2 Å². The number of fused-ring (bicyclic) bond motifs is 14. The van der Waals surface area contributed by atoms with Gasteiger partial charge in [-0.2, -0.15) is 0 Å². The van der Waals surface area contributed by atoms with E-state index in [0.717, 1.165) is 33.3 Å². The first-order valence-corrected chi connectivity index (χ1v) is 22.4. The molecule has 0 amide bonds. The monoisotopic (exact) mass is 835 g/mol. The molecule has 9 aromatic carbocycles. The highest BCUT2D eigenvalue weighted by atomic mass is 15.1. The van der Waals surface area contributed by atoms with Crippen molar-refractivity contribution in [3.63, 3.8) is 0 Å². The third kappa shape index (κ3) is 5.55. The van der Waals surface area contributed by atoms with Gasteiger partial charge in [0.05, 0.1) is 5.41 Å². The zero-order chi connectivity index (χ0) is 47.5. The number of nitrogens with zero attached hydrogens (tertiary/aromatic N) is 1. The summed E-state index contributed by atoms with van der Waals surface area (Å²) < 4.78 is 0. The first-order chi connectivity index (χ1) is 32.6. The summed E-state index contributed by atoms with van der Waals surface area (Å²) >= 11 is 0. The fourth-order valence-electron chi connectivity index (χ4n) is 11.8. The Bertz CT molecular complexity index is 3650. The molecule has 22 radical (unpaired) electrons. The molecule has 0 saturated heterocycles. The van der Waals surface area contributed by atoms with E-state index in [4.69, 9.17) is 86.3 Å². The SMILES string of the molecule is [B]c1cc2c(c([B])c1[B])-c1c(cc([B])c([B])c1[B])C21c2cc([B])c([B])c([B])c2-c2c1cc(N(c1ccc(-c3cccc4ccccc34)cc1)c1ccc3c(c1)C(C)(C)c1ccccc1-3)c([B])c2[B]. The molecule has 0 aliphatic heterocycles. The van der Waals surface area contributed by atoms with Gasteiger partial charge >= 0.3 is 0 Å². The van der Waals surface area contributed by atoms with Crippen LogP contribution in [-0.4, -0.2) is 86.3 Å². The highest BCUT2D eigenvalue weighted by Crippen LogP contribution is 2.61. The van der Waals surface area contributed by atoms with Crippen LogP contribution < -0.4 is 65.0 Å². The largest absolute Gasteiger partial charge is 0.311 e. The summed E-state index contributed by atoms with van der Waals surface area (Å²) in [5.74, 6) is 0. The van der Waals surface area contributed by atoms with Gasteiger partial charge in [-0.25, -0.2) is 0 Å². The lowest BCUT2D eigenvalue weighted by atomic mass is 9.62. The van der Waals surface area contributed by atoms with Crippen LogP contribution in [0.1, 0.15) is 47.2 Å². The third-order valence-corrected chi connectivity index (χ3v) is 15.1. The van der Waals surface area contributed by atoms with E-state index in [-0.39, 0.29) is 60.0 Å². The van der Waals surface area contributed by atoms with Crippen molar-refractivity contribution >= 4 is 174 Å². The molecule has 12 heteroatoms. The predicted molar refractivity (Wildman–Crippen MR) is 297 cm³/mol. The van der Waals surface area contributed by atoms with E-state index in [1.165, 1.54) is 22.3 Å². The second-order valence-electron chi connectivity index (χ2n) is 18.9. The molecule has 0 fully saturated rings. The topological polar surface area (TPSA) is 3.24 Å². The van der Waals surface area contributed by atoms with Crippen molar-refractivity contribution < 1.29 is 0 Å². The van der Waals surface area contributed by atoms with Gasteiger partial charge in [0.1, 0.15) is 86.3 Å². The van der Waals surface area contributed by atoms with E-state index >= 15 is 0 Å². The van der Waals surface area contributed by atoms with Gasteiger partial charge in [0, 0.05) is 22.5 Å². The highest BCUT2D eigenvalue weighted by molar-refractivity contribution is 6.63. The van der Waals surface area contributed by atoms with Crippen molar-refractivity contribution in [2.75, 3.05) is 4.90 Å². The molecule has 0 unspecified atom stereocenters. The first-order valence-electron chi connectivity index (χ1n) is 22.4. The van der Waals surface area contributed by atoms with Crippen LogP contribution in [0.5, 0.6) is 0 Å². The maximum Gasteiger partial charge on any atom is 0.115 e. The average molecular weight is 834 g/mol. The Morgan fingerprint density at radius 2 is 0.809 bits per heavy atom. The molecule has 0 saturated carbocycles. The molecule has 9 aromatic rings. The van der Waals surface area contributed by atoms with Crippen LogP contribution in [0.3, 0.4) is 0 Å². The van der Waals surface area contributed by atoms with E-state index in [2.05, 4.69) is 134 Å². The zero-order valence-electron chi connectivity index (χ0n) is 37.5. The summed E-state index contributed by atoms with van der Waals surface area (Å²) in [7, 11) is 76.2. The summed E-state index contributed by atoms with van der Waals surface area (Å²) in [6.07, 6.45) is 0. The molecule has 12 rings (SSSR count). The minimum Gasteiger partial charge on any atom is -0.311 e. The van der Waals surface area contributed by atoms with Crippen LogP contribution in [0.15, 0.2) is 133 Å². The van der Waals surface area contributed by atoms with E-state index in [1.54, 1.807) is 0 Å². The van der Waals surface area contributed by atoms with Crippen LogP contribution in [0.25, 0.3) is 55.3 Å². The Morgan fingerprint density at radius 1 is 0.353 bits per heavy atom. The Kier molecular flexibility index (Phi) is 9.42. The molecule has 0 atom stereocenters. The standard InChI is InChI=1S/C56H28B11N/c1-55(2)33-13-6-5-11-31(33)32-19-18-28(20-34(32)55)68(27-16-14-26(15-17-27)30-12-7-9-25-8-3-4-10-29(25)30)42-24-38-46(54(67)50(42)63)45-37(23-41(59)49(62)53(45)66)56(38)35-21-39(57)47(60)51(64)43(35)44-36(56)22-40(58)48(61)52(44)65/h3-24H,1-2H3. The molecule has 1 spiro atoms. The summed E-state index contributed by atoms with van der Waals surface area (Å²) in [6, 6.07) is 46.0. The van der Waals surface area contributed by atoms with Gasteiger partial charge in [0.25, 0.3) is 0 Å². The minimum absolute atomic E-state index is 0.202. The predicted octanol–water partition coefficient (Wildman–Crippen LogP) is 1.36. The molecule has 68 heavy (non-hydrogen) atoms. The molecule has 3 aliphatic carbocycles. The van der Waals surface area contributed by atoms with Gasteiger partial charge in [0.15, 0.2) is 0 Å². The maximum atomic E-state index is 7.48. The second kappa shape index (κ2) is 14.9. The molecule has 0 N–H and O–H groups in total. The number of benzene rings is 9. The lowest BCUT2D eigenvalue weighted by molar-refractivity contribution is 0.660. The maximum absolute atomic E-state index is 7.48.